The first-order valence-corrected chi connectivity index (χ1v) is 9.45. The Kier molecular flexibility index (Phi) is 4.78. The monoisotopic (exact) mass is 378 g/mol. The van der Waals surface area contributed by atoms with Crippen molar-refractivity contribution in [1.82, 2.24) is 10.0 Å². The number of rotatable bonds is 5. The first-order chi connectivity index (χ1) is 11.9. The molecular formula is C17H15ClN2O4S. The lowest BCUT2D eigenvalue weighted by molar-refractivity contribution is 0.0948. The summed E-state index contributed by atoms with van der Waals surface area (Å²) in [5.74, 6) is -1.06. The average Bonchev–Trinajstić information content (AvgIpc) is 3.39. The molecule has 0 heterocycles. The Bertz CT molecular complexity index is 922. The van der Waals surface area contributed by atoms with Gasteiger partial charge < -0.3 is 5.32 Å². The van der Waals surface area contributed by atoms with E-state index in [-0.39, 0.29) is 27.4 Å². The molecule has 8 heteroatoms. The van der Waals surface area contributed by atoms with Gasteiger partial charge in [-0.3, -0.25) is 9.59 Å². The number of nitrogens with one attached hydrogen (secondary N) is 2. The van der Waals surface area contributed by atoms with Crippen molar-refractivity contribution in [2.24, 2.45) is 0 Å². The molecule has 0 spiro atoms. The van der Waals surface area contributed by atoms with E-state index >= 15 is 0 Å². The van der Waals surface area contributed by atoms with Crippen molar-refractivity contribution in [3.05, 3.63) is 64.7 Å². The molecule has 1 aliphatic rings. The standard InChI is InChI=1S/C17H15ClN2O4S/c18-15-4-2-1-3-14(15)17(22)20-25(23,24)13-9-5-11(6-10-13)16(21)19-12-7-8-12/h1-6,9-10,12H,7-8H2,(H,19,21)(H,20,22). The predicted octanol–water partition coefficient (Wildman–Crippen LogP) is 2.35. The molecule has 0 unspecified atom stereocenters. The third-order valence-corrected chi connectivity index (χ3v) is 5.36. The molecule has 0 saturated heterocycles. The summed E-state index contributed by atoms with van der Waals surface area (Å²) in [5.41, 5.74) is 0.427. The molecule has 0 bridgehead atoms. The quantitative estimate of drug-likeness (QED) is 0.835. The fourth-order valence-corrected chi connectivity index (χ4v) is 3.35. The number of sulfonamides is 1. The summed E-state index contributed by atoms with van der Waals surface area (Å²) in [6.07, 6.45) is 1.93. The zero-order valence-corrected chi connectivity index (χ0v) is 14.6. The molecule has 2 amide bonds. The van der Waals surface area contributed by atoms with E-state index in [1.807, 2.05) is 4.72 Å². The Morgan fingerprint density at radius 3 is 2.20 bits per heavy atom. The Balaban J connectivity index is 1.74. The van der Waals surface area contributed by atoms with Crippen molar-refractivity contribution in [2.45, 2.75) is 23.8 Å². The molecule has 1 saturated carbocycles. The molecule has 130 valence electrons. The summed E-state index contributed by atoms with van der Waals surface area (Å²) in [7, 11) is -4.07. The second-order valence-electron chi connectivity index (χ2n) is 5.69. The van der Waals surface area contributed by atoms with Gasteiger partial charge in [-0.25, -0.2) is 13.1 Å². The third-order valence-electron chi connectivity index (χ3n) is 3.68. The highest BCUT2D eigenvalue weighted by molar-refractivity contribution is 7.90. The van der Waals surface area contributed by atoms with E-state index in [1.165, 1.54) is 36.4 Å². The number of carbonyl (C=O) groups excluding carboxylic acids is 2. The van der Waals surface area contributed by atoms with Crippen LogP contribution in [0.4, 0.5) is 0 Å². The molecule has 0 aliphatic heterocycles. The van der Waals surface area contributed by atoms with Crippen molar-refractivity contribution in [3.8, 4) is 0 Å². The van der Waals surface area contributed by atoms with Gasteiger partial charge in [0.05, 0.1) is 15.5 Å². The SMILES string of the molecule is O=C(NC1CC1)c1ccc(S(=O)(=O)NC(=O)c2ccccc2Cl)cc1. The molecule has 2 aromatic rings. The largest absolute Gasteiger partial charge is 0.349 e. The summed E-state index contributed by atoms with van der Waals surface area (Å²) < 4.78 is 26.6. The lowest BCUT2D eigenvalue weighted by atomic mass is 10.2. The van der Waals surface area contributed by atoms with Crippen LogP contribution in [0.2, 0.25) is 5.02 Å². The molecule has 3 rings (SSSR count). The van der Waals surface area contributed by atoms with Gasteiger partial charge in [-0.05, 0) is 49.2 Å². The molecule has 0 atom stereocenters. The number of amides is 2. The second kappa shape index (κ2) is 6.85. The van der Waals surface area contributed by atoms with Crippen molar-refractivity contribution in [2.75, 3.05) is 0 Å². The summed E-state index contributed by atoms with van der Waals surface area (Å²) in [6, 6.07) is 11.7. The van der Waals surface area contributed by atoms with Gasteiger partial charge in [0.1, 0.15) is 0 Å². The second-order valence-corrected chi connectivity index (χ2v) is 7.78. The fraction of sp³-hybridized carbons (Fsp3) is 0.176. The van der Waals surface area contributed by atoms with Crippen LogP contribution >= 0.6 is 11.6 Å². The maximum absolute atomic E-state index is 12.3. The zero-order valence-electron chi connectivity index (χ0n) is 13.0. The third kappa shape index (κ3) is 4.18. The number of hydrogen-bond acceptors (Lipinski definition) is 4. The first-order valence-electron chi connectivity index (χ1n) is 7.59. The lowest BCUT2D eigenvalue weighted by Gasteiger charge is -2.09. The molecule has 2 N–H and O–H groups in total. The van der Waals surface area contributed by atoms with Crippen molar-refractivity contribution in [3.63, 3.8) is 0 Å². The number of halogens is 1. The minimum Gasteiger partial charge on any atom is -0.349 e. The highest BCUT2D eigenvalue weighted by Crippen LogP contribution is 2.20. The minimum atomic E-state index is -4.07. The van der Waals surface area contributed by atoms with Crippen LogP contribution in [0.15, 0.2) is 53.4 Å². The zero-order chi connectivity index (χ0) is 18.0. The first kappa shape index (κ1) is 17.4. The van der Waals surface area contributed by atoms with Crippen LogP contribution < -0.4 is 10.0 Å². The number of hydrogen-bond donors (Lipinski definition) is 2. The Hall–Kier alpha value is -2.38. The van der Waals surface area contributed by atoms with Crippen LogP contribution in [0.25, 0.3) is 0 Å². The Labute approximate surface area is 150 Å². The molecule has 2 aromatic carbocycles. The van der Waals surface area contributed by atoms with Gasteiger partial charge in [0.2, 0.25) is 0 Å². The topological polar surface area (TPSA) is 92.3 Å². The van der Waals surface area contributed by atoms with Gasteiger partial charge in [-0.2, -0.15) is 0 Å². The van der Waals surface area contributed by atoms with E-state index in [1.54, 1.807) is 12.1 Å². The van der Waals surface area contributed by atoms with E-state index in [0.29, 0.717) is 5.56 Å². The van der Waals surface area contributed by atoms with Crippen molar-refractivity contribution >= 4 is 33.4 Å². The maximum Gasteiger partial charge on any atom is 0.266 e. The average molecular weight is 379 g/mol. The van der Waals surface area contributed by atoms with Gasteiger partial charge in [0.25, 0.3) is 21.8 Å². The molecule has 1 fully saturated rings. The van der Waals surface area contributed by atoms with Gasteiger partial charge >= 0.3 is 0 Å². The fourth-order valence-electron chi connectivity index (χ4n) is 2.16. The van der Waals surface area contributed by atoms with Crippen molar-refractivity contribution < 1.29 is 18.0 Å². The van der Waals surface area contributed by atoms with Gasteiger partial charge in [0.15, 0.2) is 0 Å². The van der Waals surface area contributed by atoms with Crippen LogP contribution in [0.1, 0.15) is 33.6 Å². The van der Waals surface area contributed by atoms with Gasteiger partial charge in [-0.1, -0.05) is 23.7 Å². The van der Waals surface area contributed by atoms with Crippen LogP contribution in [-0.2, 0) is 10.0 Å². The number of benzene rings is 2. The Morgan fingerprint density at radius 2 is 1.60 bits per heavy atom. The summed E-state index contributed by atoms with van der Waals surface area (Å²) in [4.78, 5) is 23.9. The molecule has 25 heavy (non-hydrogen) atoms. The normalized spacial score (nSPS) is 14.0. The molecular weight excluding hydrogens is 364 g/mol. The predicted molar refractivity (Wildman–Crippen MR) is 93.0 cm³/mol. The van der Waals surface area contributed by atoms with E-state index in [9.17, 15) is 18.0 Å². The molecule has 1 aliphatic carbocycles. The van der Waals surface area contributed by atoms with Gasteiger partial charge in [-0.15, -0.1) is 0 Å². The van der Waals surface area contributed by atoms with Crippen LogP contribution in [-0.4, -0.2) is 26.3 Å². The smallest absolute Gasteiger partial charge is 0.266 e. The van der Waals surface area contributed by atoms with E-state index in [2.05, 4.69) is 5.32 Å². The van der Waals surface area contributed by atoms with E-state index in [4.69, 9.17) is 11.6 Å². The highest BCUT2D eigenvalue weighted by atomic mass is 35.5. The molecule has 0 aromatic heterocycles. The van der Waals surface area contributed by atoms with Crippen LogP contribution in [0.5, 0.6) is 0 Å². The lowest BCUT2D eigenvalue weighted by Crippen LogP contribution is -2.31. The summed E-state index contributed by atoms with van der Waals surface area (Å²) >= 11 is 5.90. The summed E-state index contributed by atoms with van der Waals surface area (Å²) in [6.45, 7) is 0. The molecule has 6 nitrogen and oxygen atoms in total. The highest BCUT2D eigenvalue weighted by Gasteiger charge is 2.24. The van der Waals surface area contributed by atoms with E-state index < -0.39 is 15.9 Å². The number of carbonyl (C=O) groups is 2. The van der Waals surface area contributed by atoms with Gasteiger partial charge in [0, 0.05) is 11.6 Å². The molecule has 0 radical (unpaired) electrons. The van der Waals surface area contributed by atoms with Crippen LogP contribution in [0.3, 0.4) is 0 Å². The minimum absolute atomic E-state index is 0.0631. The Morgan fingerprint density at radius 1 is 0.960 bits per heavy atom. The van der Waals surface area contributed by atoms with E-state index in [0.717, 1.165) is 12.8 Å². The summed E-state index contributed by atoms with van der Waals surface area (Å²) in [5, 5.41) is 2.97. The van der Waals surface area contributed by atoms with Crippen molar-refractivity contribution in [1.29, 1.82) is 0 Å². The van der Waals surface area contributed by atoms with Crippen LogP contribution in [0, 0.1) is 0 Å². The maximum atomic E-state index is 12.3.